The Morgan fingerprint density at radius 1 is 1.28 bits per heavy atom. The number of rotatable bonds is 8. The van der Waals surface area contributed by atoms with Crippen molar-refractivity contribution < 1.29 is 0 Å². The summed E-state index contributed by atoms with van der Waals surface area (Å²) < 4.78 is 1.28. The number of anilines is 2. The van der Waals surface area contributed by atoms with Gasteiger partial charge in [0.15, 0.2) is 0 Å². The minimum absolute atomic E-state index is 0.263. The zero-order valence-electron chi connectivity index (χ0n) is 14.8. The molecule has 1 aliphatic carbocycles. The summed E-state index contributed by atoms with van der Waals surface area (Å²) in [5, 5.41) is 3.13. The van der Waals surface area contributed by atoms with Crippen molar-refractivity contribution in [3.63, 3.8) is 0 Å². The van der Waals surface area contributed by atoms with Crippen LogP contribution in [0.1, 0.15) is 30.9 Å². The minimum Gasteiger partial charge on any atom is -0.342 e. The highest BCUT2D eigenvalue weighted by Gasteiger charge is 2.20. The van der Waals surface area contributed by atoms with Crippen LogP contribution in [-0.2, 0) is 13.0 Å². The Kier molecular flexibility index (Phi) is 5.68. The van der Waals surface area contributed by atoms with Crippen LogP contribution < -0.4 is 16.6 Å². The van der Waals surface area contributed by atoms with Crippen LogP contribution in [0.3, 0.4) is 0 Å². The molecule has 1 fully saturated rings. The lowest BCUT2D eigenvalue weighted by Crippen LogP contribution is -2.35. The molecular formula is C19H25N3O2S. The summed E-state index contributed by atoms with van der Waals surface area (Å²) in [5.74, 6) is 3.22. The molecule has 3 rings (SSSR count). The molecule has 0 unspecified atom stereocenters. The van der Waals surface area contributed by atoms with Gasteiger partial charge in [-0.05, 0) is 61.1 Å². The second-order valence-electron chi connectivity index (χ2n) is 6.62. The summed E-state index contributed by atoms with van der Waals surface area (Å²) in [6, 6.07) is 7.50. The quantitative estimate of drug-likeness (QED) is 0.710. The predicted molar refractivity (Wildman–Crippen MR) is 105 cm³/mol. The van der Waals surface area contributed by atoms with Crippen LogP contribution in [0.5, 0.6) is 0 Å². The molecule has 1 aromatic heterocycles. The third-order valence-electron chi connectivity index (χ3n) is 4.54. The van der Waals surface area contributed by atoms with E-state index in [9.17, 15) is 9.59 Å². The van der Waals surface area contributed by atoms with E-state index in [2.05, 4.69) is 24.1 Å². The van der Waals surface area contributed by atoms with Gasteiger partial charge >= 0.3 is 5.69 Å². The first kappa shape index (κ1) is 17.9. The summed E-state index contributed by atoms with van der Waals surface area (Å²) in [6.45, 7) is 4.64. The third-order valence-corrected chi connectivity index (χ3v) is 5.72. The molecule has 2 aromatic rings. The number of aromatic amines is 1. The number of hydrogen-bond acceptors (Lipinski definition) is 4. The molecule has 0 radical (unpaired) electrons. The topological polar surface area (TPSA) is 66.9 Å². The lowest BCUT2D eigenvalue weighted by molar-refractivity contribution is 0.681. The van der Waals surface area contributed by atoms with Gasteiger partial charge in [0.2, 0.25) is 0 Å². The van der Waals surface area contributed by atoms with Gasteiger partial charge in [0.25, 0.3) is 5.56 Å². The van der Waals surface area contributed by atoms with E-state index in [1.807, 2.05) is 30.0 Å². The Morgan fingerprint density at radius 3 is 2.76 bits per heavy atom. The molecule has 1 saturated carbocycles. The van der Waals surface area contributed by atoms with Crippen molar-refractivity contribution in [2.45, 2.75) is 39.7 Å². The van der Waals surface area contributed by atoms with E-state index in [1.54, 1.807) is 0 Å². The van der Waals surface area contributed by atoms with Crippen LogP contribution in [0.2, 0.25) is 0 Å². The molecule has 0 saturated heterocycles. The number of thioether (sulfide) groups is 1. The van der Waals surface area contributed by atoms with Crippen molar-refractivity contribution in [3.05, 3.63) is 56.2 Å². The Labute approximate surface area is 151 Å². The van der Waals surface area contributed by atoms with Gasteiger partial charge in [-0.2, -0.15) is 11.8 Å². The largest absolute Gasteiger partial charge is 0.342 e. The SMILES string of the molecule is CCc1cc(Nc2cc(=O)n(CCSCC3CC3)c(=O)[nH]2)ccc1C. The second kappa shape index (κ2) is 7.95. The van der Waals surface area contributed by atoms with Crippen molar-refractivity contribution in [2.75, 3.05) is 16.8 Å². The predicted octanol–water partition coefficient (Wildman–Crippen LogP) is 3.29. The lowest BCUT2D eigenvalue weighted by Gasteiger charge is -2.11. The van der Waals surface area contributed by atoms with E-state index in [0.29, 0.717) is 12.4 Å². The molecular weight excluding hydrogens is 334 g/mol. The highest BCUT2D eigenvalue weighted by atomic mass is 32.2. The fraction of sp³-hybridized carbons (Fsp3) is 0.474. The van der Waals surface area contributed by atoms with Gasteiger partial charge < -0.3 is 5.32 Å². The van der Waals surface area contributed by atoms with Crippen LogP contribution in [0, 0.1) is 12.8 Å². The number of nitrogens with zero attached hydrogens (tertiary/aromatic N) is 1. The molecule has 25 heavy (non-hydrogen) atoms. The van der Waals surface area contributed by atoms with Gasteiger partial charge in [-0.25, -0.2) is 4.79 Å². The molecule has 1 aromatic carbocycles. The van der Waals surface area contributed by atoms with Crippen LogP contribution in [0.25, 0.3) is 0 Å². The maximum Gasteiger partial charge on any atom is 0.329 e. The van der Waals surface area contributed by atoms with Crippen molar-refractivity contribution in [1.82, 2.24) is 9.55 Å². The summed E-state index contributed by atoms with van der Waals surface area (Å²) >= 11 is 1.82. The fourth-order valence-electron chi connectivity index (χ4n) is 2.78. The van der Waals surface area contributed by atoms with Gasteiger partial charge in [0, 0.05) is 24.1 Å². The van der Waals surface area contributed by atoms with E-state index in [4.69, 9.17) is 0 Å². The fourth-order valence-corrected chi connectivity index (χ4v) is 3.92. The zero-order chi connectivity index (χ0) is 17.8. The normalized spacial score (nSPS) is 13.8. The summed E-state index contributed by atoms with van der Waals surface area (Å²) in [6.07, 6.45) is 3.59. The number of nitrogens with one attached hydrogen (secondary N) is 2. The van der Waals surface area contributed by atoms with Crippen LogP contribution >= 0.6 is 11.8 Å². The van der Waals surface area contributed by atoms with Gasteiger partial charge in [-0.3, -0.25) is 14.3 Å². The van der Waals surface area contributed by atoms with Gasteiger partial charge in [0.05, 0.1) is 0 Å². The molecule has 0 bridgehead atoms. The van der Waals surface area contributed by atoms with Crippen LogP contribution in [0.4, 0.5) is 11.5 Å². The molecule has 5 nitrogen and oxygen atoms in total. The molecule has 1 heterocycles. The van der Waals surface area contributed by atoms with E-state index in [0.717, 1.165) is 29.5 Å². The highest BCUT2D eigenvalue weighted by Crippen LogP contribution is 2.32. The Hall–Kier alpha value is -1.95. The average molecular weight is 359 g/mol. The van der Waals surface area contributed by atoms with E-state index in [-0.39, 0.29) is 11.2 Å². The van der Waals surface area contributed by atoms with Crippen LogP contribution in [0.15, 0.2) is 33.9 Å². The number of H-pyrrole nitrogens is 1. The first-order chi connectivity index (χ1) is 12.1. The smallest absolute Gasteiger partial charge is 0.329 e. The summed E-state index contributed by atoms with van der Waals surface area (Å²) in [7, 11) is 0. The standard InChI is InChI=1S/C19H25N3O2S/c1-3-15-10-16(7-4-13(15)2)20-17-11-18(23)22(19(24)21-17)8-9-25-12-14-5-6-14/h4,7,10-11,14,20H,3,5-6,8-9,12H2,1-2H3,(H,21,24). The molecule has 0 atom stereocenters. The van der Waals surface area contributed by atoms with Crippen molar-refractivity contribution >= 4 is 23.3 Å². The highest BCUT2D eigenvalue weighted by molar-refractivity contribution is 7.99. The Morgan fingerprint density at radius 2 is 2.08 bits per heavy atom. The maximum absolute atomic E-state index is 12.3. The summed E-state index contributed by atoms with van der Waals surface area (Å²) in [4.78, 5) is 27.3. The van der Waals surface area contributed by atoms with E-state index < -0.39 is 0 Å². The maximum atomic E-state index is 12.3. The van der Waals surface area contributed by atoms with E-state index in [1.165, 1.54) is 34.6 Å². The number of benzene rings is 1. The Bertz CT molecular complexity index is 821. The number of aryl methyl sites for hydroxylation is 2. The molecule has 0 amide bonds. The molecule has 0 aliphatic heterocycles. The monoisotopic (exact) mass is 359 g/mol. The average Bonchev–Trinajstić information content (AvgIpc) is 3.39. The van der Waals surface area contributed by atoms with Gasteiger partial charge in [0.1, 0.15) is 5.82 Å². The van der Waals surface area contributed by atoms with Crippen molar-refractivity contribution in [2.24, 2.45) is 5.92 Å². The minimum atomic E-state index is -0.357. The van der Waals surface area contributed by atoms with Crippen molar-refractivity contribution in [1.29, 1.82) is 0 Å². The molecule has 0 spiro atoms. The van der Waals surface area contributed by atoms with E-state index >= 15 is 0 Å². The van der Waals surface area contributed by atoms with Crippen molar-refractivity contribution in [3.8, 4) is 0 Å². The molecule has 134 valence electrons. The first-order valence-corrected chi connectivity index (χ1v) is 10.0. The second-order valence-corrected chi connectivity index (χ2v) is 7.77. The van der Waals surface area contributed by atoms with Gasteiger partial charge in [-0.15, -0.1) is 0 Å². The Balaban J connectivity index is 1.68. The third kappa shape index (κ3) is 4.78. The number of aromatic nitrogens is 2. The zero-order valence-corrected chi connectivity index (χ0v) is 15.6. The lowest BCUT2D eigenvalue weighted by atomic mass is 10.1. The summed E-state index contributed by atoms with van der Waals surface area (Å²) in [5.41, 5.74) is 2.73. The van der Waals surface area contributed by atoms with Crippen LogP contribution in [-0.4, -0.2) is 21.1 Å². The van der Waals surface area contributed by atoms with Gasteiger partial charge in [-0.1, -0.05) is 13.0 Å². The first-order valence-electron chi connectivity index (χ1n) is 8.85. The molecule has 6 heteroatoms. The molecule has 1 aliphatic rings. The molecule has 2 N–H and O–H groups in total. The number of hydrogen-bond donors (Lipinski definition) is 2.